The summed E-state index contributed by atoms with van der Waals surface area (Å²) in [7, 11) is 0. The molecular formula is C23H30FN5O4. The van der Waals surface area contributed by atoms with E-state index in [0.29, 0.717) is 51.1 Å². The first-order valence-electron chi connectivity index (χ1n) is 11.6. The fraction of sp³-hybridized carbons (Fsp3) is 0.565. The molecule has 178 valence electrons. The molecule has 0 aromatic heterocycles. The number of rotatable bonds is 7. The van der Waals surface area contributed by atoms with Crippen molar-refractivity contribution in [1.82, 2.24) is 20.0 Å². The SMILES string of the molecule is O=C(CN1CCN(C(=O)CCCN2C(=O)NC3(CCCC3)C2=O)CC1)Nc1cccc(F)c1. The number of hydrogen-bond acceptors (Lipinski definition) is 5. The van der Waals surface area contributed by atoms with Gasteiger partial charge in [-0.15, -0.1) is 0 Å². The molecule has 2 heterocycles. The number of anilines is 1. The molecule has 3 fully saturated rings. The van der Waals surface area contributed by atoms with Crippen LogP contribution in [0.5, 0.6) is 0 Å². The number of halogens is 1. The Kier molecular flexibility index (Phi) is 6.92. The molecule has 1 aliphatic carbocycles. The lowest BCUT2D eigenvalue weighted by Gasteiger charge is -2.34. The van der Waals surface area contributed by atoms with E-state index in [1.807, 2.05) is 4.90 Å². The van der Waals surface area contributed by atoms with Crippen molar-refractivity contribution in [2.45, 2.75) is 44.1 Å². The Hall–Kier alpha value is -3.01. The van der Waals surface area contributed by atoms with Crippen LogP contribution in [0, 0.1) is 5.82 Å². The third kappa shape index (κ3) is 5.32. The lowest BCUT2D eigenvalue weighted by Crippen LogP contribution is -2.50. The summed E-state index contributed by atoms with van der Waals surface area (Å²) in [6, 6.07) is 5.40. The van der Waals surface area contributed by atoms with Gasteiger partial charge in [-0.3, -0.25) is 24.2 Å². The molecule has 1 aromatic carbocycles. The van der Waals surface area contributed by atoms with Gasteiger partial charge in [0.15, 0.2) is 0 Å². The standard InChI is InChI=1S/C23H30FN5O4/c24-17-5-3-6-18(15-17)25-19(30)16-27-11-13-28(14-12-27)20(31)7-4-10-29-21(32)23(26-22(29)33)8-1-2-9-23/h3,5-6,15H,1-2,4,7-14,16H2,(H,25,30)(H,26,33). The van der Waals surface area contributed by atoms with Crippen molar-refractivity contribution in [3.63, 3.8) is 0 Å². The highest BCUT2D eigenvalue weighted by Crippen LogP contribution is 2.35. The van der Waals surface area contributed by atoms with Crippen LogP contribution in [-0.4, -0.2) is 83.3 Å². The summed E-state index contributed by atoms with van der Waals surface area (Å²) in [5.41, 5.74) is -0.295. The van der Waals surface area contributed by atoms with Gasteiger partial charge in [0.2, 0.25) is 11.8 Å². The molecule has 1 saturated carbocycles. The Bertz CT molecular complexity index is 925. The van der Waals surface area contributed by atoms with Crippen LogP contribution in [0.1, 0.15) is 38.5 Å². The van der Waals surface area contributed by atoms with Gasteiger partial charge in [0.1, 0.15) is 11.4 Å². The van der Waals surface area contributed by atoms with Gasteiger partial charge in [0.05, 0.1) is 6.54 Å². The largest absolute Gasteiger partial charge is 0.340 e. The molecule has 0 radical (unpaired) electrons. The van der Waals surface area contributed by atoms with Crippen LogP contribution in [-0.2, 0) is 14.4 Å². The highest BCUT2D eigenvalue weighted by molar-refractivity contribution is 6.07. The molecule has 33 heavy (non-hydrogen) atoms. The van der Waals surface area contributed by atoms with Crippen molar-refractivity contribution < 1.29 is 23.6 Å². The lowest BCUT2D eigenvalue weighted by molar-refractivity contribution is -0.134. The zero-order valence-corrected chi connectivity index (χ0v) is 18.6. The van der Waals surface area contributed by atoms with E-state index in [2.05, 4.69) is 10.6 Å². The van der Waals surface area contributed by atoms with E-state index in [1.165, 1.54) is 23.1 Å². The number of nitrogens with one attached hydrogen (secondary N) is 2. The van der Waals surface area contributed by atoms with Gasteiger partial charge in [0, 0.05) is 44.8 Å². The summed E-state index contributed by atoms with van der Waals surface area (Å²) in [6.45, 7) is 2.58. The van der Waals surface area contributed by atoms with Gasteiger partial charge in [-0.2, -0.15) is 0 Å². The minimum Gasteiger partial charge on any atom is -0.340 e. The van der Waals surface area contributed by atoms with E-state index in [9.17, 15) is 23.6 Å². The third-order valence-electron chi connectivity index (χ3n) is 6.68. The average molecular weight is 460 g/mol. The first-order chi connectivity index (χ1) is 15.9. The molecule has 4 rings (SSSR count). The lowest BCUT2D eigenvalue weighted by atomic mass is 9.98. The molecule has 2 saturated heterocycles. The van der Waals surface area contributed by atoms with Gasteiger partial charge in [-0.05, 0) is 37.5 Å². The summed E-state index contributed by atoms with van der Waals surface area (Å²) in [5, 5.41) is 5.53. The van der Waals surface area contributed by atoms with Crippen LogP contribution in [0.2, 0.25) is 0 Å². The van der Waals surface area contributed by atoms with Crippen LogP contribution in [0.4, 0.5) is 14.9 Å². The van der Waals surface area contributed by atoms with Crippen molar-refractivity contribution in [3.05, 3.63) is 30.1 Å². The minimum atomic E-state index is -0.710. The van der Waals surface area contributed by atoms with E-state index in [-0.39, 0.29) is 43.3 Å². The molecule has 10 heteroatoms. The highest BCUT2D eigenvalue weighted by atomic mass is 19.1. The number of benzene rings is 1. The van der Waals surface area contributed by atoms with E-state index >= 15 is 0 Å². The first-order valence-corrected chi connectivity index (χ1v) is 11.6. The molecule has 0 unspecified atom stereocenters. The second kappa shape index (κ2) is 9.86. The Balaban J connectivity index is 1.16. The summed E-state index contributed by atoms with van der Waals surface area (Å²) >= 11 is 0. The number of carbonyl (C=O) groups excluding carboxylic acids is 4. The molecule has 9 nitrogen and oxygen atoms in total. The fourth-order valence-electron chi connectivity index (χ4n) is 4.87. The molecule has 1 aromatic rings. The molecule has 2 aliphatic heterocycles. The molecule has 1 spiro atoms. The molecule has 2 N–H and O–H groups in total. The van der Waals surface area contributed by atoms with Crippen molar-refractivity contribution in [2.75, 3.05) is 44.6 Å². The summed E-state index contributed by atoms with van der Waals surface area (Å²) in [4.78, 5) is 54.6. The maximum atomic E-state index is 13.2. The predicted molar refractivity (Wildman–Crippen MR) is 119 cm³/mol. The van der Waals surface area contributed by atoms with Crippen molar-refractivity contribution in [3.8, 4) is 0 Å². The molecule has 0 bridgehead atoms. The number of urea groups is 1. The quantitative estimate of drug-likeness (QED) is 0.603. The Morgan fingerprint density at radius 3 is 2.52 bits per heavy atom. The predicted octanol–water partition coefficient (Wildman–Crippen LogP) is 1.55. The molecule has 3 aliphatic rings. The zero-order valence-electron chi connectivity index (χ0n) is 18.6. The number of carbonyl (C=O) groups is 4. The number of hydrogen-bond donors (Lipinski definition) is 2. The molecular weight excluding hydrogens is 429 g/mol. The number of amides is 5. The number of imide groups is 1. The van der Waals surface area contributed by atoms with Crippen LogP contribution in [0.3, 0.4) is 0 Å². The van der Waals surface area contributed by atoms with Gasteiger partial charge < -0.3 is 15.5 Å². The van der Waals surface area contributed by atoms with Crippen molar-refractivity contribution in [1.29, 1.82) is 0 Å². The van der Waals surface area contributed by atoms with E-state index in [4.69, 9.17) is 0 Å². The van der Waals surface area contributed by atoms with Crippen molar-refractivity contribution >= 4 is 29.4 Å². The maximum Gasteiger partial charge on any atom is 0.325 e. The van der Waals surface area contributed by atoms with Crippen LogP contribution >= 0.6 is 0 Å². The maximum absolute atomic E-state index is 13.2. The van der Waals surface area contributed by atoms with E-state index in [0.717, 1.165) is 12.8 Å². The third-order valence-corrected chi connectivity index (χ3v) is 6.68. The average Bonchev–Trinajstić information content (AvgIpc) is 3.34. The molecule has 0 atom stereocenters. The Morgan fingerprint density at radius 2 is 1.82 bits per heavy atom. The van der Waals surface area contributed by atoms with Gasteiger partial charge in [-0.25, -0.2) is 9.18 Å². The normalized spacial score (nSPS) is 20.4. The first kappa shape index (κ1) is 23.2. The second-order valence-electron chi connectivity index (χ2n) is 9.00. The summed E-state index contributed by atoms with van der Waals surface area (Å²) in [6.07, 6.45) is 3.97. The Labute approximate surface area is 192 Å². The second-order valence-corrected chi connectivity index (χ2v) is 9.00. The zero-order chi connectivity index (χ0) is 23.4. The molecule has 5 amide bonds. The van der Waals surface area contributed by atoms with Crippen LogP contribution in [0.15, 0.2) is 24.3 Å². The van der Waals surface area contributed by atoms with E-state index in [1.54, 1.807) is 11.0 Å². The van der Waals surface area contributed by atoms with Crippen LogP contribution in [0.25, 0.3) is 0 Å². The minimum absolute atomic E-state index is 0.0125. The van der Waals surface area contributed by atoms with Gasteiger partial charge in [0.25, 0.3) is 5.91 Å². The number of nitrogens with zero attached hydrogens (tertiary/aromatic N) is 3. The Morgan fingerprint density at radius 1 is 1.09 bits per heavy atom. The highest BCUT2D eigenvalue weighted by Gasteiger charge is 2.52. The van der Waals surface area contributed by atoms with Gasteiger partial charge in [-0.1, -0.05) is 18.9 Å². The summed E-state index contributed by atoms with van der Waals surface area (Å²) in [5.74, 6) is -0.800. The van der Waals surface area contributed by atoms with E-state index < -0.39 is 11.4 Å². The summed E-state index contributed by atoms with van der Waals surface area (Å²) < 4.78 is 13.2. The monoisotopic (exact) mass is 459 g/mol. The van der Waals surface area contributed by atoms with Gasteiger partial charge >= 0.3 is 6.03 Å². The van der Waals surface area contributed by atoms with Crippen molar-refractivity contribution in [2.24, 2.45) is 0 Å². The smallest absolute Gasteiger partial charge is 0.325 e. The fourth-order valence-corrected chi connectivity index (χ4v) is 4.87. The number of piperazine rings is 1. The van der Waals surface area contributed by atoms with Crippen LogP contribution < -0.4 is 10.6 Å². The topological polar surface area (TPSA) is 102 Å².